The van der Waals surface area contributed by atoms with Crippen LogP contribution in [0.2, 0.25) is 0 Å². The number of hydrogen-bond donors (Lipinski definition) is 1. The van der Waals surface area contributed by atoms with Gasteiger partial charge in [-0.3, -0.25) is 0 Å². The van der Waals surface area contributed by atoms with Crippen LogP contribution in [-0.2, 0) is 9.53 Å². The van der Waals surface area contributed by atoms with E-state index in [0.29, 0.717) is 19.4 Å². The number of ether oxygens (including phenoxy) is 1. The molecule has 1 N–H and O–H groups in total. The van der Waals surface area contributed by atoms with Gasteiger partial charge in [0.2, 0.25) is 0 Å². The fraction of sp³-hybridized carbons (Fsp3) is 0.889. The summed E-state index contributed by atoms with van der Waals surface area (Å²) in [7, 11) is 0. The standard InChI is InChI=1S/C9H16O3/c1-2-12-8(10)9(11)6-4-3-5-7-9/h11H,2-7H2,1H3. The molecular formula is C9H16O3. The largest absolute Gasteiger partial charge is 0.464 e. The topological polar surface area (TPSA) is 46.5 Å². The third-order valence-corrected chi connectivity index (χ3v) is 2.34. The molecule has 0 aromatic carbocycles. The molecule has 1 aliphatic rings. The van der Waals surface area contributed by atoms with Crippen molar-refractivity contribution in [3.8, 4) is 0 Å². The van der Waals surface area contributed by atoms with Crippen molar-refractivity contribution in [3.05, 3.63) is 0 Å². The minimum atomic E-state index is -1.17. The van der Waals surface area contributed by atoms with Crippen LogP contribution in [-0.4, -0.2) is 23.3 Å². The van der Waals surface area contributed by atoms with Gasteiger partial charge in [-0.05, 0) is 32.6 Å². The molecule has 0 saturated heterocycles. The number of hydrogen-bond acceptors (Lipinski definition) is 3. The monoisotopic (exact) mass is 172 g/mol. The van der Waals surface area contributed by atoms with E-state index in [-0.39, 0.29) is 0 Å². The van der Waals surface area contributed by atoms with E-state index < -0.39 is 11.6 Å². The predicted octanol–water partition coefficient (Wildman–Crippen LogP) is 1.24. The average Bonchev–Trinajstić information content (AvgIpc) is 2.06. The molecule has 0 unspecified atom stereocenters. The normalized spacial score (nSPS) is 21.8. The number of carbonyl (C=O) groups excluding carboxylic acids is 1. The van der Waals surface area contributed by atoms with Crippen molar-refractivity contribution >= 4 is 5.97 Å². The Morgan fingerprint density at radius 3 is 2.50 bits per heavy atom. The van der Waals surface area contributed by atoms with Crippen molar-refractivity contribution in [3.63, 3.8) is 0 Å². The lowest BCUT2D eigenvalue weighted by Crippen LogP contribution is -2.41. The van der Waals surface area contributed by atoms with Crippen LogP contribution >= 0.6 is 0 Å². The van der Waals surface area contributed by atoms with E-state index >= 15 is 0 Å². The molecule has 0 bridgehead atoms. The van der Waals surface area contributed by atoms with E-state index in [2.05, 4.69) is 0 Å². The van der Waals surface area contributed by atoms with Gasteiger partial charge in [0.1, 0.15) is 0 Å². The second kappa shape index (κ2) is 3.90. The molecule has 0 aliphatic heterocycles. The van der Waals surface area contributed by atoms with E-state index in [0.717, 1.165) is 19.3 Å². The highest BCUT2D eigenvalue weighted by Crippen LogP contribution is 2.28. The zero-order valence-corrected chi connectivity index (χ0v) is 7.51. The molecule has 1 aliphatic carbocycles. The Morgan fingerprint density at radius 1 is 1.42 bits per heavy atom. The minimum absolute atomic E-state index is 0.348. The summed E-state index contributed by atoms with van der Waals surface area (Å²) < 4.78 is 4.80. The Bertz CT molecular complexity index is 159. The molecule has 12 heavy (non-hydrogen) atoms. The number of rotatable bonds is 2. The SMILES string of the molecule is CCOC(=O)C1(O)CCCCC1. The molecular weight excluding hydrogens is 156 g/mol. The van der Waals surface area contributed by atoms with Gasteiger partial charge < -0.3 is 9.84 Å². The zero-order chi connectivity index (χ0) is 9.03. The van der Waals surface area contributed by atoms with E-state index in [9.17, 15) is 9.90 Å². The lowest BCUT2D eigenvalue weighted by atomic mass is 9.85. The van der Waals surface area contributed by atoms with Gasteiger partial charge in [-0.15, -0.1) is 0 Å². The molecule has 0 aromatic heterocycles. The van der Waals surface area contributed by atoms with Crippen molar-refractivity contribution in [2.24, 2.45) is 0 Å². The van der Waals surface area contributed by atoms with Crippen molar-refractivity contribution in [1.29, 1.82) is 0 Å². The van der Waals surface area contributed by atoms with Crippen LogP contribution in [0.3, 0.4) is 0 Å². The lowest BCUT2D eigenvalue weighted by molar-refractivity contribution is -0.168. The third-order valence-electron chi connectivity index (χ3n) is 2.34. The first kappa shape index (κ1) is 9.52. The summed E-state index contributed by atoms with van der Waals surface area (Å²) in [6, 6.07) is 0. The van der Waals surface area contributed by atoms with Gasteiger partial charge in [0, 0.05) is 0 Å². The Labute approximate surface area is 72.7 Å². The molecule has 3 nitrogen and oxygen atoms in total. The first-order valence-corrected chi connectivity index (χ1v) is 4.58. The van der Waals surface area contributed by atoms with E-state index in [1.807, 2.05) is 0 Å². The zero-order valence-electron chi connectivity index (χ0n) is 7.51. The fourth-order valence-electron chi connectivity index (χ4n) is 1.61. The van der Waals surface area contributed by atoms with Crippen molar-refractivity contribution in [2.75, 3.05) is 6.61 Å². The maximum atomic E-state index is 11.2. The molecule has 0 atom stereocenters. The van der Waals surface area contributed by atoms with Crippen LogP contribution in [0.5, 0.6) is 0 Å². The predicted molar refractivity (Wildman–Crippen MR) is 44.7 cm³/mol. The van der Waals surface area contributed by atoms with Crippen molar-refractivity contribution in [2.45, 2.75) is 44.6 Å². The lowest BCUT2D eigenvalue weighted by Gasteiger charge is -2.29. The molecule has 1 saturated carbocycles. The Morgan fingerprint density at radius 2 is 2.00 bits per heavy atom. The van der Waals surface area contributed by atoms with Gasteiger partial charge in [0.05, 0.1) is 6.61 Å². The maximum Gasteiger partial charge on any atom is 0.338 e. The van der Waals surface area contributed by atoms with Crippen LogP contribution in [0.15, 0.2) is 0 Å². The van der Waals surface area contributed by atoms with Crippen LogP contribution in [0.4, 0.5) is 0 Å². The molecule has 0 spiro atoms. The Balaban J connectivity index is 2.50. The first-order valence-electron chi connectivity index (χ1n) is 4.58. The summed E-state index contributed by atoms with van der Waals surface area (Å²) in [4.78, 5) is 11.2. The number of carbonyl (C=O) groups is 1. The van der Waals surface area contributed by atoms with Crippen LogP contribution < -0.4 is 0 Å². The summed E-state index contributed by atoms with van der Waals surface area (Å²) >= 11 is 0. The molecule has 0 aromatic rings. The minimum Gasteiger partial charge on any atom is -0.464 e. The van der Waals surface area contributed by atoms with Crippen LogP contribution in [0, 0.1) is 0 Å². The molecule has 0 heterocycles. The average molecular weight is 172 g/mol. The van der Waals surface area contributed by atoms with Gasteiger partial charge in [-0.2, -0.15) is 0 Å². The second-order valence-electron chi connectivity index (χ2n) is 3.31. The van der Waals surface area contributed by atoms with E-state index in [1.54, 1.807) is 6.92 Å². The fourth-order valence-corrected chi connectivity index (χ4v) is 1.61. The summed E-state index contributed by atoms with van der Waals surface area (Å²) in [6.45, 7) is 2.10. The van der Waals surface area contributed by atoms with E-state index in [4.69, 9.17) is 4.74 Å². The summed E-state index contributed by atoms with van der Waals surface area (Å²) in [5.41, 5.74) is -1.17. The molecule has 3 heteroatoms. The molecule has 0 amide bonds. The Kier molecular flexibility index (Phi) is 3.09. The molecule has 70 valence electrons. The highest BCUT2D eigenvalue weighted by molar-refractivity contribution is 5.79. The van der Waals surface area contributed by atoms with Gasteiger partial charge in [0.25, 0.3) is 0 Å². The van der Waals surface area contributed by atoms with Crippen molar-refractivity contribution in [1.82, 2.24) is 0 Å². The number of aliphatic hydroxyl groups is 1. The highest BCUT2D eigenvalue weighted by Gasteiger charge is 2.38. The first-order chi connectivity index (χ1) is 5.69. The van der Waals surface area contributed by atoms with Gasteiger partial charge in [-0.1, -0.05) is 6.42 Å². The second-order valence-corrected chi connectivity index (χ2v) is 3.31. The summed E-state index contributed by atoms with van der Waals surface area (Å²) in [5, 5.41) is 9.80. The quantitative estimate of drug-likeness (QED) is 0.637. The maximum absolute atomic E-state index is 11.2. The number of esters is 1. The molecule has 1 fully saturated rings. The Hall–Kier alpha value is -0.570. The van der Waals surface area contributed by atoms with Gasteiger partial charge in [-0.25, -0.2) is 4.79 Å². The van der Waals surface area contributed by atoms with Crippen molar-refractivity contribution < 1.29 is 14.6 Å². The van der Waals surface area contributed by atoms with Gasteiger partial charge >= 0.3 is 5.97 Å². The summed E-state index contributed by atoms with van der Waals surface area (Å²) in [5.74, 6) is -0.440. The smallest absolute Gasteiger partial charge is 0.338 e. The third kappa shape index (κ3) is 1.97. The molecule has 1 rings (SSSR count). The highest BCUT2D eigenvalue weighted by atomic mass is 16.5. The summed E-state index contributed by atoms with van der Waals surface area (Å²) in [6.07, 6.45) is 4.09. The van der Waals surface area contributed by atoms with Crippen LogP contribution in [0.1, 0.15) is 39.0 Å². The van der Waals surface area contributed by atoms with E-state index in [1.165, 1.54) is 0 Å². The van der Waals surface area contributed by atoms with Gasteiger partial charge in [0.15, 0.2) is 5.60 Å². The molecule has 0 radical (unpaired) electrons. The van der Waals surface area contributed by atoms with Crippen LogP contribution in [0.25, 0.3) is 0 Å².